The highest BCUT2D eigenvalue weighted by Gasteiger charge is 2.31. The maximum absolute atomic E-state index is 12.8. The Morgan fingerprint density at radius 1 is 1.26 bits per heavy atom. The van der Waals surface area contributed by atoms with Crippen molar-refractivity contribution in [2.24, 2.45) is 0 Å². The highest BCUT2D eigenvalue weighted by atomic mass is 35.5. The summed E-state index contributed by atoms with van der Waals surface area (Å²) in [5.41, 5.74) is 2.54. The summed E-state index contributed by atoms with van der Waals surface area (Å²) in [5.74, 6) is 0.739. The van der Waals surface area contributed by atoms with Crippen LogP contribution in [0, 0.1) is 6.92 Å². The summed E-state index contributed by atoms with van der Waals surface area (Å²) in [4.78, 5) is 24.0. The number of aryl methyl sites for hydroxylation is 1. The quantitative estimate of drug-likeness (QED) is 0.440. The van der Waals surface area contributed by atoms with Gasteiger partial charge in [-0.2, -0.15) is 0 Å². The van der Waals surface area contributed by atoms with E-state index in [0.29, 0.717) is 45.6 Å². The number of Topliss-reactive ketones (excluding diaryl/α,β-unsaturated/α-hetero) is 1. The number of carbonyl (C=O) groups excluding carboxylic acids is 2. The molecular formula is C20H15ClO6. The van der Waals surface area contributed by atoms with Crippen molar-refractivity contribution >= 4 is 29.4 Å². The van der Waals surface area contributed by atoms with E-state index < -0.39 is 5.97 Å². The molecule has 0 amide bonds. The number of fused-ring (bicyclic) bond motifs is 2. The Morgan fingerprint density at radius 2 is 2.07 bits per heavy atom. The van der Waals surface area contributed by atoms with Crippen LogP contribution in [0.15, 0.2) is 30.0 Å². The van der Waals surface area contributed by atoms with Crippen molar-refractivity contribution in [1.29, 1.82) is 0 Å². The first-order valence-electron chi connectivity index (χ1n) is 8.22. The van der Waals surface area contributed by atoms with E-state index in [-0.39, 0.29) is 18.3 Å². The van der Waals surface area contributed by atoms with Crippen LogP contribution in [-0.4, -0.2) is 18.5 Å². The first-order valence-corrected chi connectivity index (χ1v) is 8.60. The van der Waals surface area contributed by atoms with Crippen LogP contribution < -0.4 is 14.2 Å². The number of ether oxygens (including phenoxy) is 4. The Morgan fingerprint density at radius 3 is 2.85 bits per heavy atom. The summed E-state index contributed by atoms with van der Waals surface area (Å²) >= 11 is 6.17. The summed E-state index contributed by atoms with van der Waals surface area (Å²) in [5, 5.41) is 0.506. The maximum Gasteiger partial charge on any atom is 0.308 e. The summed E-state index contributed by atoms with van der Waals surface area (Å²) in [6.07, 6.45) is 1.60. The summed E-state index contributed by atoms with van der Waals surface area (Å²) < 4.78 is 21.7. The molecule has 2 aromatic carbocycles. The third-order valence-electron chi connectivity index (χ3n) is 4.20. The minimum absolute atomic E-state index is 0.130. The molecule has 0 unspecified atom stereocenters. The number of allylic oxidation sites excluding steroid dienone is 1. The van der Waals surface area contributed by atoms with Gasteiger partial charge in [0.1, 0.15) is 17.2 Å². The normalized spacial score (nSPS) is 16.4. The van der Waals surface area contributed by atoms with Crippen molar-refractivity contribution in [1.82, 2.24) is 0 Å². The zero-order valence-electron chi connectivity index (χ0n) is 14.6. The van der Waals surface area contributed by atoms with Crippen molar-refractivity contribution < 1.29 is 28.5 Å². The molecule has 2 aliphatic heterocycles. The molecule has 0 fully saturated rings. The minimum Gasteiger partial charge on any atom is -0.467 e. The van der Waals surface area contributed by atoms with Gasteiger partial charge in [0.25, 0.3) is 0 Å². The lowest BCUT2D eigenvalue weighted by Crippen LogP contribution is -2.12. The van der Waals surface area contributed by atoms with Crippen molar-refractivity contribution in [3.05, 3.63) is 57.3 Å². The summed E-state index contributed by atoms with van der Waals surface area (Å²) in [7, 11) is 0. The van der Waals surface area contributed by atoms with Crippen LogP contribution in [-0.2, 0) is 16.1 Å². The van der Waals surface area contributed by atoms with Crippen LogP contribution in [0.2, 0.25) is 5.02 Å². The number of carbonyl (C=O) groups is 2. The minimum atomic E-state index is -0.445. The predicted octanol–water partition coefficient (Wildman–Crippen LogP) is 4.06. The number of benzene rings is 2. The van der Waals surface area contributed by atoms with E-state index >= 15 is 0 Å². The lowest BCUT2D eigenvalue weighted by molar-refractivity contribution is -0.131. The average molecular weight is 387 g/mol. The molecule has 0 aliphatic carbocycles. The molecule has 2 aliphatic rings. The Balaban J connectivity index is 1.74. The summed E-state index contributed by atoms with van der Waals surface area (Å²) in [6, 6.07) is 6.63. The van der Waals surface area contributed by atoms with E-state index in [1.165, 1.54) is 13.0 Å². The smallest absolute Gasteiger partial charge is 0.308 e. The van der Waals surface area contributed by atoms with E-state index in [1.807, 2.05) is 0 Å². The van der Waals surface area contributed by atoms with Crippen molar-refractivity contribution in [2.45, 2.75) is 20.5 Å². The van der Waals surface area contributed by atoms with Gasteiger partial charge in [0.05, 0.1) is 12.2 Å². The second kappa shape index (κ2) is 6.72. The van der Waals surface area contributed by atoms with Crippen LogP contribution >= 0.6 is 11.6 Å². The van der Waals surface area contributed by atoms with Crippen LogP contribution in [0.5, 0.6) is 17.2 Å². The average Bonchev–Trinajstić information content (AvgIpc) is 2.90. The number of hydrogen-bond donors (Lipinski definition) is 0. The Bertz CT molecular complexity index is 1010. The fraction of sp³-hybridized carbons (Fsp3) is 0.200. The lowest BCUT2D eigenvalue weighted by Gasteiger charge is -2.20. The number of halogens is 1. The number of esters is 1. The third kappa shape index (κ3) is 3.29. The van der Waals surface area contributed by atoms with E-state index in [0.717, 1.165) is 5.56 Å². The zero-order valence-corrected chi connectivity index (χ0v) is 15.4. The van der Waals surface area contributed by atoms with Crippen LogP contribution in [0.25, 0.3) is 6.08 Å². The van der Waals surface area contributed by atoms with Gasteiger partial charge in [-0.25, -0.2) is 0 Å². The summed E-state index contributed by atoms with van der Waals surface area (Å²) in [6.45, 7) is 3.58. The molecule has 0 saturated heterocycles. The molecule has 4 rings (SSSR count). The van der Waals surface area contributed by atoms with Crippen molar-refractivity contribution in [3.63, 3.8) is 0 Å². The molecule has 2 aromatic rings. The topological polar surface area (TPSA) is 71.1 Å². The SMILES string of the molecule is CC(=O)Oc1cc(C)c2c(c1)O/C(=C\c1cc(Cl)cc3c1OCOC3)C2=O. The van der Waals surface area contributed by atoms with Crippen LogP contribution in [0.3, 0.4) is 0 Å². The van der Waals surface area contributed by atoms with Gasteiger partial charge in [0, 0.05) is 29.1 Å². The second-order valence-corrected chi connectivity index (χ2v) is 6.68. The van der Waals surface area contributed by atoms with E-state index in [4.69, 9.17) is 30.5 Å². The molecule has 6 nitrogen and oxygen atoms in total. The van der Waals surface area contributed by atoms with Gasteiger partial charge in [0.2, 0.25) is 5.78 Å². The zero-order chi connectivity index (χ0) is 19.1. The Labute approximate surface area is 160 Å². The maximum atomic E-state index is 12.8. The Hall–Kier alpha value is -2.83. The molecular weight excluding hydrogens is 372 g/mol. The molecule has 2 heterocycles. The lowest BCUT2D eigenvalue weighted by atomic mass is 10.0. The van der Waals surface area contributed by atoms with Crippen molar-refractivity contribution in [3.8, 4) is 17.2 Å². The number of hydrogen-bond acceptors (Lipinski definition) is 6. The fourth-order valence-corrected chi connectivity index (χ4v) is 3.41. The standard InChI is InChI=1S/C20H15ClO6/c1-10-3-15(26-11(2)22)7-16-18(10)19(23)17(27-16)6-12-4-14(21)5-13-8-24-9-25-20(12)13/h3-7H,8-9H2,1-2H3/b17-6-. The fourth-order valence-electron chi connectivity index (χ4n) is 3.16. The third-order valence-corrected chi connectivity index (χ3v) is 4.41. The van der Waals surface area contributed by atoms with Gasteiger partial charge in [-0.05, 0) is 36.8 Å². The highest BCUT2D eigenvalue weighted by molar-refractivity contribution is 6.31. The molecule has 0 N–H and O–H groups in total. The molecule has 0 spiro atoms. The van der Waals surface area contributed by atoms with Gasteiger partial charge < -0.3 is 18.9 Å². The van der Waals surface area contributed by atoms with E-state index in [2.05, 4.69) is 0 Å². The molecule has 7 heteroatoms. The molecule has 0 saturated carbocycles. The van der Waals surface area contributed by atoms with Crippen LogP contribution in [0.1, 0.15) is 34.0 Å². The van der Waals surface area contributed by atoms with Crippen molar-refractivity contribution in [2.75, 3.05) is 6.79 Å². The monoisotopic (exact) mass is 386 g/mol. The molecule has 0 bridgehead atoms. The number of rotatable bonds is 2. The molecule has 0 aromatic heterocycles. The Kier molecular flexibility index (Phi) is 4.37. The highest BCUT2D eigenvalue weighted by Crippen LogP contribution is 2.39. The molecule has 27 heavy (non-hydrogen) atoms. The van der Waals surface area contributed by atoms with Gasteiger partial charge in [-0.15, -0.1) is 0 Å². The van der Waals surface area contributed by atoms with Crippen LogP contribution in [0.4, 0.5) is 0 Å². The second-order valence-electron chi connectivity index (χ2n) is 6.24. The van der Waals surface area contributed by atoms with Gasteiger partial charge in [0.15, 0.2) is 12.6 Å². The first kappa shape index (κ1) is 17.6. The number of ketones is 1. The van der Waals surface area contributed by atoms with Gasteiger partial charge >= 0.3 is 5.97 Å². The molecule has 138 valence electrons. The first-order chi connectivity index (χ1) is 12.9. The largest absolute Gasteiger partial charge is 0.467 e. The molecule has 0 atom stereocenters. The van der Waals surface area contributed by atoms with Gasteiger partial charge in [-0.1, -0.05) is 11.6 Å². The van der Waals surface area contributed by atoms with E-state index in [1.54, 1.807) is 31.2 Å². The van der Waals surface area contributed by atoms with Gasteiger partial charge in [-0.3, -0.25) is 9.59 Å². The predicted molar refractivity (Wildman–Crippen MR) is 97.2 cm³/mol. The molecule has 0 radical (unpaired) electrons. The van der Waals surface area contributed by atoms with E-state index in [9.17, 15) is 9.59 Å².